The number of carbonyl (C=O) groups is 2. The molecule has 0 spiro atoms. The molecular weight excluding hydrogens is 256 g/mol. The number of carboxylic acid groups (broad SMARTS) is 1. The lowest BCUT2D eigenvalue weighted by Crippen LogP contribution is -2.45. The minimum Gasteiger partial charge on any atom is -0.481 e. The van der Waals surface area contributed by atoms with Crippen molar-refractivity contribution in [1.29, 1.82) is 0 Å². The highest BCUT2D eigenvalue weighted by molar-refractivity contribution is 5.85. The topological polar surface area (TPSA) is 60.9 Å². The van der Waals surface area contributed by atoms with Gasteiger partial charge in [-0.1, -0.05) is 0 Å². The molecule has 0 aromatic heterocycles. The predicted molar refractivity (Wildman–Crippen MR) is 69.9 cm³/mol. The highest BCUT2D eigenvalue weighted by Crippen LogP contribution is 2.21. The molecule has 0 aromatic carbocycles. The molecule has 1 amide bonds. The van der Waals surface area contributed by atoms with Crippen LogP contribution in [0.25, 0.3) is 0 Å². The number of rotatable bonds is 4. The summed E-state index contributed by atoms with van der Waals surface area (Å²) in [5, 5.41) is 8.62. The van der Waals surface area contributed by atoms with Crippen LogP contribution in [-0.4, -0.2) is 59.0 Å². The van der Waals surface area contributed by atoms with Gasteiger partial charge in [0.15, 0.2) is 0 Å². The number of hydrogen-bond acceptors (Lipinski definition) is 3. The van der Waals surface area contributed by atoms with Crippen LogP contribution >= 0.6 is 12.4 Å². The van der Waals surface area contributed by atoms with Crippen LogP contribution in [0.1, 0.15) is 32.1 Å². The van der Waals surface area contributed by atoms with E-state index in [0.717, 1.165) is 38.9 Å². The quantitative estimate of drug-likeness (QED) is 0.831. The van der Waals surface area contributed by atoms with Crippen molar-refractivity contribution in [3.63, 3.8) is 0 Å². The second kappa shape index (κ2) is 6.95. The first-order valence-electron chi connectivity index (χ1n) is 6.40. The van der Waals surface area contributed by atoms with Gasteiger partial charge in [-0.05, 0) is 19.3 Å². The van der Waals surface area contributed by atoms with Crippen LogP contribution in [0.15, 0.2) is 0 Å². The summed E-state index contributed by atoms with van der Waals surface area (Å²) in [5.41, 5.74) is 0. The Balaban J connectivity index is 0.00000162. The first-order valence-corrected chi connectivity index (χ1v) is 6.40. The molecule has 18 heavy (non-hydrogen) atoms. The summed E-state index contributed by atoms with van der Waals surface area (Å²) < 4.78 is 0. The minimum atomic E-state index is -0.734. The van der Waals surface area contributed by atoms with E-state index >= 15 is 0 Å². The molecule has 5 nitrogen and oxygen atoms in total. The smallest absolute Gasteiger partial charge is 0.304 e. The normalized spacial score (nSPS) is 22.0. The summed E-state index contributed by atoms with van der Waals surface area (Å²) in [5.74, 6) is -0.434. The molecule has 6 heteroatoms. The number of carboxylic acids is 1. The van der Waals surface area contributed by atoms with Gasteiger partial charge in [-0.2, -0.15) is 0 Å². The molecule has 0 aromatic rings. The van der Waals surface area contributed by atoms with Gasteiger partial charge < -0.3 is 14.9 Å². The molecule has 0 saturated carbocycles. The Labute approximate surface area is 114 Å². The number of halogens is 1. The van der Waals surface area contributed by atoms with E-state index in [1.54, 1.807) is 0 Å². The van der Waals surface area contributed by atoms with Crippen molar-refractivity contribution >= 4 is 24.3 Å². The first kappa shape index (κ1) is 15.2. The zero-order valence-electron chi connectivity index (χ0n) is 10.5. The Hall–Kier alpha value is -0.810. The van der Waals surface area contributed by atoms with Gasteiger partial charge in [0, 0.05) is 38.6 Å². The van der Waals surface area contributed by atoms with E-state index in [9.17, 15) is 9.59 Å². The standard InChI is InChI=1S/C12H20N2O3.ClH/c15-11-2-1-6-14(11)10-3-7-13(8-4-10)9-5-12(16)17;/h10H,1-9H2,(H,16,17);1H. The minimum absolute atomic E-state index is 0. The van der Waals surface area contributed by atoms with Gasteiger partial charge in [-0.15, -0.1) is 12.4 Å². The number of hydrogen-bond donors (Lipinski definition) is 1. The first-order chi connectivity index (χ1) is 8.16. The van der Waals surface area contributed by atoms with Gasteiger partial charge in [0.25, 0.3) is 0 Å². The number of likely N-dealkylation sites (tertiary alicyclic amines) is 2. The van der Waals surface area contributed by atoms with E-state index in [2.05, 4.69) is 4.90 Å². The summed E-state index contributed by atoms with van der Waals surface area (Å²) in [6.45, 7) is 3.39. The Kier molecular flexibility index (Phi) is 5.88. The molecule has 0 aliphatic carbocycles. The van der Waals surface area contributed by atoms with Crippen LogP contribution in [0.5, 0.6) is 0 Å². The molecule has 2 heterocycles. The molecule has 0 bridgehead atoms. The van der Waals surface area contributed by atoms with Crippen molar-refractivity contribution in [3.8, 4) is 0 Å². The summed E-state index contributed by atoms with van der Waals surface area (Å²) >= 11 is 0. The Morgan fingerprint density at radius 3 is 2.44 bits per heavy atom. The largest absolute Gasteiger partial charge is 0.481 e. The van der Waals surface area contributed by atoms with Crippen molar-refractivity contribution in [2.75, 3.05) is 26.2 Å². The van der Waals surface area contributed by atoms with E-state index in [1.807, 2.05) is 4.90 Å². The fourth-order valence-corrected chi connectivity index (χ4v) is 2.76. The summed E-state index contributed by atoms with van der Waals surface area (Å²) in [6, 6.07) is 0.395. The monoisotopic (exact) mass is 276 g/mol. The van der Waals surface area contributed by atoms with Gasteiger partial charge in [-0.3, -0.25) is 9.59 Å². The molecule has 0 radical (unpaired) electrons. The molecule has 2 rings (SSSR count). The summed E-state index contributed by atoms with van der Waals surface area (Å²) in [4.78, 5) is 26.3. The van der Waals surface area contributed by atoms with Crippen LogP contribution in [0, 0.1) is 0 Å². The van der Waals surface area contributed by atoms with Crippen LogP contribution < -0.4 is 0 Å². The lowest BCUT2D eigenvalue weighted by Gasteiger charge is -2.36. The molecule has 2 aliphatic heterocycles. The Morgan fingerprint density at radius 1 is 1.28 bits per heavy atom. The van der Waals surface area contributed by atoms with Crippen molar-refractivity contribution in [3.05, 3.63) is 0 Å². The molecule has 2 saturated heterocycles. The third-order valence-corrected chi connectivity index (χ3v) is 3.75. The molecular formula is C12H21ClN2O3. The van der Waals surface area contributed by atoms with Crippen molar-refractivity contribution in [2.45, 2.75) is 38.1 Å². The number of amides is 1. The van der Waals surface area contributed by atoms with Crippen molar-refractivity contribution in [2.24, 2.45) is 0 Å². The number of aliphatic carboxylic acids is 1. The maximum Gasteiger partial charge on any atom is 0.304 e. The molecule has 104 valence electrons. The van der Waals surface area contributed by atoms with Crippen LogP contribution in [0.3, 0.4) is 0 Å². The molecule has 2 fully saturated rings. The maximum atomic E-state index is 11.6. The SMILES string of the molecule is Cl.O=C(O)CCN1CCC(N2CCCC2=O)CC1. The predicted octanol–water partition coefficient (Wildman–Crippen LogP) is 0.970. The third kappa shape index (κ3) is 3.85. The Morgan fingerprint density at radius 2 is 1.94 bits per heavy atom. The van der Waals surface area contributed by atoms with E-state index in [1.165, 1.54) is 0 Å². The van der Waals surface area contributed by atoms with Gasteiger partial charge in [0.1, 0.15) is 0 Å². The van der Waals surface area contributed by atoms with Gasteiger partial charge in [-0.25, -0.2) is 0 Å². The van der Waals surface area contributed by atoms with Crippen LogP contribution in [-0.2, 0) is 9.59 Å². The number of piperidine rings is 1. The molecule has 2 aliphatic rings. The highest BCUT2D eigenvalue weighted by Gasteiger charge is 2.30. The van der Waals surface area contributed by atoms with E-state index in [4.69, 9.17) is 5.11 Å². The fraction of sp³-hybridized carbons (Fsp3) is 0.833. The summed E-state index contributed by atoms with van der Waals surface area (Å²) in [6.07, 6.45) is 3.90. The number of nitrogens with zero attached hydrogens (tertiary/aromatic N) is 2. The van der Waals surface area contributed by atoms with Gasteiger partial charge >= 0.3 is 5.97 Å². The van der Waals surface area contributed by atoms with Crippen molar-refractivity contribution < 1.29 is 14.7 Å². The van der Waals surface area contributed by atoms with E-state index in [0.29, 0.717) is 24.9 Å². The molecule has 0 unspecified atom stereocenters. The average molecular weight is 277 g/mol. The van der Waals surface area contributed by atoms with Crippen LogP contribution in [0.2, 0.25) is 0 Å². The molecule has 0 atom stereocenters. The van der Waals surface area contributed by atoms with Crippen LogP contribution in [0.4, 0.5) is 0 Å². The summed E-state index contributed by atoms with van der Waals surface area (Å²) in [7, 11) is 0. The second-order valence-electron chi connectivity index (χ2n) is 4.91. The lowest BCUT2D eigenvalue weighted by molar-refractivity contribution is -0.137. The Bertz CT molecular complexity index is 304. The van der Waals surface area contributed by atoms with E-state index in [-0.39, 0.29) is 18.8 Å². The average Bonchev–Trinajstić information content (AvgIpc) is 2.73. The van der Waals surface area contributed by atoms with Crippen molar-refractivity contribution in [1.82, 2.24) is 9.80 Å². The zero-order chi connectivity index (χ0) is 12.3. The maximum absolute atomic E-state index is 11.6. The number of carbonyl (C=O) groups excluding carboxylic acids is 1. The van der Waals surface area contributed by atoms with Gasteiger partial charge in [0.05, 0.1) is 6.42 Å². The highest BCUT2D eigenvalue weighted by atomic mass is 35.5. The second-order valence-corrected chi connectivity index (χ2v) is 4.91. The fourth-order valence-electron chi connectivity index (χ4n) is 2.76. The van der Waals surface area contributed by atoms with E-state index < -0.39 is 5.97 Å². The van der Waals surface area contributed by atoms with Gasteiger partial charge in [0.2, 0.25) is 5.91 Å². The third-order valence-electron chi connectivity index (χ3n) is 3.75. The lowest BCUT2D eigenvalue weighted by atomic mass is 10.0. The molecule has 1 N–H and O–H groups in total. The zero-order valence-corrected chi connectivity index (χ0v) is 11.3.